The monoisotopic (exact) mass is 371 g/mol. The zero-order valence-electron chi connectivity index (χ0n) is 15.9. The molecule has 0 spiro atoms. The van der Waals surface area contributed by atoms with Crippen LogP contribution in [0.2, 0.25) is 0 Å². The van der Waals surface area contributed by atoms with Crippen LogP contribution in [0.5, 0.6) is 5.75 Å². The van der Waals surface area contributed by atoms with Crippen molar-refractivity contribution in [1.29, 1.82) is 0 Å². The van der Waals surface area contributed by atoms with E-state index in [0.717, 1.165) is 33.5 Å². The van der Waals surface area contributed by atoms with Crippen molar-refractivity contribution in [3.05, 3.63) is 51.8 Å². The zero-order valence-corrected chi connectivity index (χ0v) is 16.8. The van der Waals surface area contributed by atoms with Crippen molar-refractivity contribution in [3.63, 3.8) is 0 Å². The second-order valence-corrected chi connectivity index (χ2v) is 7.26. The van der Waals surface area contributed by atoms with E-state index in [9.17, 15) is 0 Å². The standard InChI is InChI=1S/C20H25N3O2S/c1-6-24-18-10-8-7-9-16(18)19-22-17(15(4)25-19)11-23(5)14(3)20-21-13(2)12-26-20/h7-10,12,14H,6,11H2,1-5H3/t14-/m0/s1. The van der Waals surface area contributed by atoms with Crippen LogP contribution >= 0.6 is 11.3 Å². The lowest BCUT2D eigenvalue weighted by Crippen LogP contribution is -2.22. The second kappa shape index (κ2) is 8.01. The molecule has 0 saturated heterocycles. The van der Waals surface area contributed by atoms with Gasteiger partial charge in [-0.1, -0.05) is 12.1 Å². The van der Waals surface area contributed by atoms with Crippen LogP contribution in [0.3, 0.4) is 0 Å². The molecular weight excluding hydrogens is 346 g/mol. The Labute approximate surface area is 158 Å². The number of aromatic nitrogens is 2. The van der Waals surface area contributed by atoms with Gasteiger partial charge < -0.3 is 9.15 Å². The predicted molar refractivity (Wildman–Crippen MR) is 105 cm³/mol. The van der Waals surface area contributed by atoms with Crippen LogP contribution in [-0.2, 0) is 6.54 Å². The molecule has 0 N–H and O–H groups in total. The first-order chi connectivity index (χ1) is 12.5. The number of para-hydroxylation sites is 1. The minimum Gasteiger partial charge on any atom is -0.493 e. The highest BCUT2D eigenvalue weighted by molar-refractivity contribution is 7.09. The van der Waals surface area contributed by atoms with Gasteiger partial charge in [0.25, 0.3) is 0 Å². The molecule has 0 unspecified atom stereocenters. The van der Waals surface area contributed by atoms with E-state index >= 15 is 0 Å². The number of rotatable bonds is 7. The highest BCUT2D eigenvalue weighted by Crippen LogP contribution is 2.31. The first-order valence-corrected chi connectivity index (χ1v) is 9.68. The summed E-state index contributed by atoms with van der Waals surface area (Å²) in [5.41, 5.74) is 2.89. The fourth-order valence-corrected chi connectivity index (χ4v) is 3.66. The van der Waals surface area contributed by atoms with Crippen LogP contribution in [-0.4, -0.2) is 28.5 Å². The molecule has 2 aromatic heterocycles. The minimum atomic E-state index is 0.226. The summed E-state index contributed by atoms with van der Waals surface area (Å²) < 4.78 is 11.7. The molecule has 0 aliphatic carbocycles. The summed E-state index contributed by atoms with van der Waals surface area (Å²) in [6.45, 7) is 9.43. The number of aryl methyl sites for hydroxylation is 2. The summed E-state index contributed by atoms with van der Waals surface area (Å²) >= 11 is 1.70. The molecule has 0 amide bonds. The van der Waals surface area contributed by atoms with Crippen LogP contribution in [0.1, 0.15) is 42.0 Å². The summed E-state index contributed by atoms with van der Waals surface area (Å²) in [5.74, 6) is 2.23. The van der Waals surface area contributed by atoms with E-state index in [1.54, 1.807) is 11.3 Å². The third-order valence-electron chi connectivity index (χ3n) is 4.36. The number of hydrogen-bond acceptors (Lipinski definition) is 6. The van der Waals surface area contributed by atoms with Gasteiger partial charge in [-0.3, -0.25) is 4.90 Å². The van der Waals surface area contributed by atoms with Gasteiger partial charge in [0.2, 0.25) is 5.89 Å². The topological polar surface area (TPSA) is 51.4 Å². The molecule has 0 aliphatic rings. The lowest BCUT2D eigenvalue weighted by Gasteiger charge is -2.21. The van der Waals surface area contributed by atoms with Crippen molar-refractivity contribution in [1.82, 2.24) is 14.9 Å². The van der Waals surface area contributed by atoms with Crippen LogP contribution in [0.4, 0.5) is 0 Å². The maximum atomic E-state index is 5.95. The number of thiazole rings is 1. The summed E-state index contributed by atoms with van der Waals surface area (Å²) in [7, 11) is 2.09. The molecule has 138 valence electrons. The van der Waals surface area contributed by atoms with Gasteiger partial charge in [-0.25, -0.2) is 9.97 Å². The molecular formula is C20H25N3O2S. The summed E-state index contributed by atoms with van der Waals surface area (Å²) in [6, 6.07) is 8.07. The molecule has 1 aromatic carbocycles. The molecule has 0 bridgehead atoms. The quantitative estimate of drug-likeness (QED) is 0.584. The first kappa shape index (κ1) is 18.6. The van der Waals surface area contributed by atoms with Crippen LogP contribution < -0.4 is 4.74 Å². The minimum absolute atomic E-state index is 0.226. The fourth-order valence-electron chi connectivity index (χ4n) is 2.74. The lowest BCUT2D eigenvalue weighted by molar-refractivity contribution is 0.248. The maximum Gasteiger partial charge on any atom is 0.230 e. The Morgan fingerprint density at radius 1 is 1.23 bits per heavy atom. The van der Waals surface area contributed by atoms with Gasteiger partial charge >= 0.3 is 0 Å². The summed E-state index contributed by atoms with van der Waals surface area (Å²) in [4.78, 5) is 11.6. The first-order valence-electron chi connectivity index (χ1n) is 8.80. The van der Waals surface area contributed by atoms with Crippen molar-refractivity contribution in [2.75, 3.05) is 13.7 Å². The largest absolute Gasteiger partial charge is 0.493 e. The van der Waals surface area contributed by atoms with Gasteiger partial charge in [-0.15, -0.1) is 11.3 Å². The Balaban J connectivity index is 1.80. The number of hydrogen-bond donors (Lipinski definition) is 0. The van der Waals surface area contributed by atoms with Gasteiger partial charge in [-0.2, -0.15) is 0 Å². The Hall–Kier alpha value is -2.18. The summed E-state index contributed by atoms with van der Waals surface area (Å²) in [6.07, 6.45) is 0. The molecule has 3 rings (SSSR count). The molecule has 0 radical (unpaired) electrons. The third-order valence-corrected chi connectivity index (χ3v) is 5.50. The van der Waals surface area contributed by atoms with E-state index in [2.05, 4.69) is 29.2 Å². The van der Waals surface area contributed by atoms with Crippen LogP contribution in [0, 0.1) is 13.8 Å². The van der Waals surface area contributed by atoms with E-state index in [0.29, 0.717) is 19.0 Å². The molecule has 0 saturated carbocycles. The lowest BCUT2D eigenvalue weighted by atomic mass is 10.2. The Kier molecular flexibility index (Phi) is 5.74. The van der Waals surface area contributed by atoms with Crippen LogP contribution in [0.15, 0.2) is 34.1 Å². The van der Waals surface area contributed by atoms with Gasteiger partial charge in [0.15, 0.2) is 0 Å². The Morgan fingerprint density at radius 3 is 2.69 bits per heavy atom. The predicted octanol–water partition coefficient (Wildman–Crippen LogP) is 5.01. The van der Waals surface area contributed by atoms with E-state index in [1.165, 1.54) is 0 Å². The number of ether oxygens (including phenoxy) is 1. The number of oxazole rings is 1. The van der Waals surface area contributed by atoms with E-state index in [-0.39, 0.29) is 6.04 Å². The zero-order chi connectivity index (χ0) is 18.7. The molecule has 6 heteroatoms. The Bertz CT molecular complexity index is 872. The highest BCUT2D eigenvalue weighted by Gasteiger charge is 2.20. The van der Waals surface area contributed by atoms with Gasteiger partial charge in [-0.05, 0) is 46.9 Å². The van der Waals surface area contributed by atoms with E-state index < -0.39 is 0 Å². The van der Waals surface area contributed by atoms with Gasteiger partial charge in [0.1, 0.15) is 16.5 Å². The van der Waals surface area contributed by atoms with Crippen molar-refractivity contribution in [3.8, 4) is 17.2 Å². The van der Waals surface area contributed by atoms with Gasteiger partial charge in [0, 0.05) is 17.6 Å². The number of benzene rings is 1. The molecule has 3 aromatic rings. The summed E-state index contributed by atoms with van der Waals surface area (Å²) in [5, 5.41) is 3.21. The van der Waals surface area contributed by atoms with E-state index in [1.807, 2.05) is 45.0 Å². The van der Waals surface area contributed by atoms with Gasteiger partial charge in [0.05, 0.1) is 23.9 Å². The third kappa shape index (κ3) is 3.97. The SMILES string of the molecule is CCOc1ccccc1-c1nc(CN(C)[C@@H](C)c2nc(C)cs2)c(C)o1. The fraction of sp³-hybridized carbons (Fsp3) is 0.400. The van der Waals surface area contributed by atoms with E-state index in [4.69, 9.17) is 14.1 Å². The van der Waals surface area contributed by atoms with Crippen molar-refractivity contribution >= 4 is 11.3 Å². The second-order valence-electron chi connectivity index (χ2n) is 6.37. The average molecular weight is 372 g/mol. The number of nitrogens with zero attached hydrogens (tertiary/aromatic N) is 3. The normalized spacial score (nSPS) is 12.5. The Morgan fingerprint density at radius 2 is 2.00 bits per heavy atom. The highest BCUT2D eigenvalue weighted by atomic mass is 32.1. The maximum absolute atomic E-state index is 5.95. The molecule has 26 heavy (non-hydrogen) atoms. The average Bonchev–Trinajstić information content (AvgIpc) is 3.21. The van der Waals surface area contributed by atoms with Crippen molar-refractivity contribution in [2.45, 2.75) is 40.3 Å². The molecule has 2 heterocycles. The molecule has 0 fully saturated rings. The molecule has 1 atom stereocenters. The van der Waals surface area contributed by atoms with Crippen LogP contribution in [0.25, 0.3) is 11.5 Å². The molecule has 5 nitrogen and oxygen atoms in total. The smallest absolute Gasteiger partial charge is 0.230 e. The van der Waals surface area contributed by atoms with Crippen molar-refractivity contribution in [2.24, 2.45) is 0 Å². The molecule has 0 aliphatic heterocycles. The van der Waals surface area contributed by atoms with Crippen molar-refractivity contribution < 1.29 is 9.15 Å².